The average molecular weight is 339 g/mol. The lowest BCUT2D eigenvalue weighted by molar-refractivity contribution is -0.191. The lowest BCUT2D eigenvalue weighted by Gasteiger charge is -2.36. The number of benzene rings is 1. The first-order chi connectivity index (χ1) is 10.6. The summed E-state index contributed by atoms with van der Waals surface area (Å²) in [6, 6.07) is 6.40. The third kappa shape index (κ3) is 7.60. The highest BCUT2D eigenvalue weighted by molar-refractivity contribution is 6.74. The first-order valence-electron chi connectivity index (χ1n) is 7.94. The maximum absolute atomic E-state index is 8.12. The second-order valence-corrected chi connectivity index (χ2v) is 11.8. The molecule has 0 fully saturated rings. The SMILES string of the molecule is CCc1ccc(OCCO[Si](C)(C)C(C)(C)C)c(C)c1.O=C=O. The van der Waals surface area contributed by atoms with Crippen LogP contribution in [0.3, 0.4) is 0 Å². The van der Waals surface area contributed by atoms with Crippen LogP contribution in [0.15, 0.2) is 18.2 Å². The van der Waals surface area contributed by atoms with Gasteiger partial charge in [0.2, 0.25) is 0 Å². The van der Waals surface area contributed by atoms with Gasteiger partial charge in [0.1, 0.15) is 12.4 Å². The molecule has 0 aliphatic carbocycles. The van der Waals surface area contributed by atoms with Gasteiger partial charge >= 0.3 is 6.15 Å². The van der Waals surface area contributed by atoms with Gasteiger partial charge in [0.25, 0.3) is 0 Å². The van der Waals surface area contributed by atoms with E-state index in [1.807, 2.05) is 0 Å². The number of ether oxygens (including phenoxy) is 1. The Kier molecular flexibility index (Phi) is 9.06. The summed E-state index contributed by atoms with van der Waals surface area (Å²) in [7, 11) is -1.65. The van der Waals surface area contributed by atoms with E-state index in [9.17, 15) is 0 Å². The third-order valence-electron chi connectivity index (χ3n) is 4.26. The summed E-state index contributed by atoms with van der Waals surface area (Å²) in [5, 5.41) is 0.256. The molecule has 0 atom stereocenters. The maximum Gasteiger partial charge on any atom is 0.373 e. The van der Waals surface area contributed by atoms with Gasteiger partial charge < -0.3 is 9.16 Å². The molecule has 0 aliphatic heterocycles. The fourth-order valence-electron chi connectivity index (χ4n) is 1.76. The van der Waals surface area contributed by atoms with Crippen molar-refractivity contribution in [1.29, 1.82) is 0 Å². The first-order valence-corrected chi connectivity index (χ1v) is 10.9. The zero-order valence-electron chi connectivity index (χ0n) is 15.5. The summed E-state index contributed by atoms with van der Waals surface area (Å²) >= 11 is 0. The summed E-state index contributed by atoms with van der Waals surface area (Å²) in [5.74, 6) is 0.973. The Labute approximate surface area is 141 Å². The van der Waals surface area contributed by atoms with E-state index in [4.69, 9.17) is 18.8 Å². The van der Waals surface area contributed by atoms with Crippen molar-refractivity contribution in [1.82, 2.24) is 0 Å². The highest BCUT2D eigenvalue weighted by Gasteiger charge is 2.36. The van der Waals surface area contributed by atoms with Crippen LogP contribution in [0.1, 0.15) is 38.8 Å². The zero-order valence-corrected chi connectivity index (χ0v) is 16.5. The summed E-state index contributed by atoms with van der Waals surface area (Å²) in [6.07, 6.45) is 1.32. The fourth-order valence-corrected chi connectivity index (χ4v) is 2.78. The molecular formula is C18H30O4Si. The van der Waals surface area contributed by atoms with E-state index < -0.39 is 8.32 Å². The molecule has 0 amide bonds. The van der Waals surface area contributed by atoms with Gasteiger partial charge in [-0.05, 0) is 48.7 Å². The third-order valence-corrected chi connectivity index (χ3v) is 8.80. The highest BCUT2D eigenvalue weighted by atomic mass is 28.4. The minimum absolute atomic E-state index is 0.250. The average Bonchev–Trinajstić information content (AvgIpc) is 2.44. The predicted molar refractivity (Wildman–Crippen MR) is 94.2 cm³/mol. The molecule has 0 bridgehead atoms. The van der Waals surface area contributed by atoms with Crippen LogP contribution in [-0.2, 0) is 20.4 Å². The van der Waals surface area contributed by atoms with Crippen molar-refractivity contribution in [2.24, 2.45) is 0 Å². The summed E-state index contributed by atoms with van der Waals surface area (Å²) in [6.45, 7) is 16.9. The van der Waals surface area contributed by atoms with Crippen molar-refractivity contribution in [3.05, 3.63) is 29.3 Å². The summed E-state index contributed by atoms with van der Waals surface area (Å²) < 4.78 is 12.0. The lowest BCUT2D eigenvalue weighted by Crippen LogP contribution is -2.41. The van der Waals surface area contributed by atoms with Crippen LogP contribution in [0.25, 0.3) is 0 Å². The fraction of sp³-hybridized carbons (Fsp3) is 0.611. The molecule has 0 aliphatic rings. The van der Waals surface area contributed by atoms with E-state index in [1.165, 1.54) is 11.1 Å². The Morgan fingerprint density at radius 1 is 1.13 bits per heavy atom. The van der Waals surface area contributed by atoms with E-state index in [-0.39, 0.29) is 11.2 Å². The van der Waals surface area contributed by atoms with Crippen LogP contribution in [0, 0.1) is 6.92 Å². The topological polar surface area (TPSA) is 52.6 Å². The molecule has 0 aromatic heterocycles. The van der Waals surface area contributed by atoms with Gasteiger partial charge in [-0.1, -0.05) is 39.8 Å². The molecular weight excluding hydrogens is 308 g/mol. The van der Waals surface area contributed by atoms with Gasteiger partial charge in [-0.3, -0.25) is 0 Å². The molecule has 1 aromatic rings. The van der Waals surface area contributed by atoms with Crippen molar-refractivity contribution >= 4 is 14.5 Å². The Bertz CT molecular complexity index is 512. The van der Waals surface area contributed by atoms with E-state index in [2.05, 4.69) is 65.9 Å². The molecule has 1 aromatic carbocycles. The molecule has 130 valence electrons. The van der Waals surface area contributed by atoms with Crippen LogP contribution in [0.4, 0.5) is 0 Å². The second-order valence-electron chi connectivity index (χ2n) is 6.99. The normalized spacial score (nSPS) is 11.3. The monoisotopic (exact) mass is 338 g/mol. The molecule has 23 heavy (non-hydrogen) atoms. The molecule has 0 radical (unpaired) electrons. The Balaban J connectivity index is 0.00000149. The molecule has 1 rings (SSSR count). The van der Waals surface area contributed by atoms with Crippen molar-refractivity contribution in [2.75, 3.05) is 13.2 Å². The van der Waals surface area contributed by atoms with Gasteiger partial charge in [-0.25, -0.2) is 0 Å². The van der Waals surface area contributed by atoms with Crippen LogP contribution < -0.4 is 4.74 Å². The molecule has 0 heterocycles. The Morgan fingerprint density at radius 3 is 2.13 bits per heavy atom. The van der Waals surface area contributed by atoms with Gasteiger partial charge in [0.05, 0.1) is 6.61 Å². The lowest BCUT2D eigenvalue weighted by atomic mass is 10.1. The van der Waals surface area contributed by atoms with Crippen LogP contribution in [-0.4, -0.2) is 27.7 Å². The van der Waals surface area contributed by atoms with Crippen molar-refractivity contribution < 1.29 is 18.8 Å². The minimum atomic E-state index is -1.65. The van der Waals surface area contributed by atoms with E-state index >= 15 is 0 Å². The molecule has 0 unspecified atom stereocenters. The van der Waals surface area contributed by atoms with E-state index in [1.54, 1.807) is 0 Å². The number of carbonyl (C=O) groups excluding carboxylic acids is 2. The van der Waals surface area contributed by atoms with Crippen molar-refractivity contribution in [3.8, 4) is 5.75 Å². The number of hydrogen-bond donors (Lipinski definition) is 0. The molecule has 0 saturated heterocycles. The molecule has 0 N–H and O–H groups in total. The summed E-state index contributed by atoms with van der Waals surface area (Å²) in [4.78, 5) is 16.2. The highest BCUT2D eigenvalue weighted by Crippen LogP contribution is 2.36. The number of rotatable bonds is 6. The minimum Gasteiger partial charge on any atom is -0.491 e. The smallest absolute Gasteiger partial charge is 0.373 e. The standard InChI is InChI=1S/C17H30O2Si.CO2/c1-8-15-9-10-16(14(2)13-15)18-11-12-19-20(6,7)17(3,4)5;2-1-3/h9-10,13H,8,11-12H2,1-7H3;. The van der Waals surface area contributed by atoms with Crippen LogP contribution >= 0.6 is 0 Å². The van der Waals surface area contributed by atoms with Gasteiger partial charge in [-0.2, -0.15) is 9.59 Å². The second kappa shape index (κ2) is 9.66. The zero-order chi connectivity index (χ0) is 18.1. The Morgan fingerprint density at radius 2 is 1.70 bits per heavy atom. The quantitative estimate of drug-likeness (QED) is 0.571. The molecule has 4 nitrogen and oxygen atoms in total. The van der Waals surface area contributed by atoms with Crippen LogP contribution in [0.5, 0.6) is 5.75 Å². The van der Waals surface area contributed by atoms with Crippen LogP contribution in [0.2, 0.25) is 18.1 Å². The molecule has 0 spiro atoms. The molecule has 0 saturated carbocycles. The van der Waals surface area contributed by atoms with Crippen molar-refractivity contribution in [3.63, 3.8) is 0 Å². The van der Waals surface area contributed by atoms with E-state index in [0.29, 0.717) is 13.2 Å². The largest absolute Gasteiger partial charge is 0.491 e. The van der Waals surface area contributed by atoms with Gasteiger partial charge in [0, 0.05) is 0 Å². The van der Waals surface area contributed by atoms with Gasteiger partial charge in [-0.15, -0.1) is 0 Å². The number of aryl methyl sites for hydroxylation is 2. The van der Waals surface area contributed by atoms with E-state index in [0.717, 1.165) is 12.2 Å². The Hall–Kier alpha value is -1.42. The number of hydrogen-bond acceptors (Lipinski definition) is 4. The first kappa shape index (κ1) is 21.6. The van der Waals surface area contributed by atoms with Crippen molar-refractivity contribution in [2.45, 2.75) is 59.2 Å². The summed E-state index contributed by atoms with van der Waals surface area (Å²) in [5.41, 5.74) is 2.56. The van der Waals surface area contributed by atoms with Gasteiger partial charge in [0.15, 0.2) is 8.32 Å². The maximum atomic E-state index is 8.12. The molecule has 5 heteroatoms. The predicted octanol–water partition coefficient (Wildman–Crippen LogP) is 4.37.